The fourth-order valence-electron chi connectivity index (χ4n) is 2.35. The van der Waals surface area contributed by atoms with Gasteiger partial charge in [0.15, 0.2) is 0 Å². The molecule has 1 aromatic carbocycles. The summed E-state index contributed by atoms with van der Waals surface area (Å²) in [5.41, 5.74) is 5.58. The first kappa shape index (κ1) is 13.5. The first-order valence-corrected chi connectivity index (χ1v) is 7.22. The predicted octanol–water partition coefficient (Wildman–Crippen LogP) is 4.93. The third-order valence-electron chi connectivity index (χ3n) is 3.54. The molecule has 0 bridgehead atoms. The number of hydrogen-bond donors (Lipinski definition) is 0. The van der Waals surface area contributed by atoms with E-state index < -0.39 is 0 Å². The Hall–Kier alpha value is -2.48. The predicted molar refractivity (Wildman–Crippen MR) is 87.0 cm³/mol. The molecule has 104 valence electrons. The lowest BCUT2D eigenvalue weighted by Gasteiger charge is -2.12. The van der Waals surface area contributed by atoms with Crippen LogP contribution in [0.2, 0.25) is 0 Å². The van der Waals surface area contributed by atoms with Gasteiger partial charge in [0.25, 0.3) is 0 Å². The van der Waals surface area contributed by atoms with Gasteiger partial charge >= 0.3 is 0 Å². The Morgan fingerprint density at radius 1 is 0.714 bits per heavy atom. The quantitative estimate of drug-likeness (QED) is 0.676. The van der Waals surface area contributed by atoms with Crippen LogP contribution in [0.1, 0.15) is 25.3 Å². The minimum absolute atomic E-state index is 0.469. The molecule has 0 N–H and O–H groups in total. The van der Waals surface area contributed by atoms with Crippen LogP contribution in [-0.2, 0) is 0 Å². The van der Waals surface area contributed by atoms with Crippen molar-refractivity contribution < 1.29 is 0 Å². The second kappa shape index (κ2) is 5.88. The molecule has 0 atom stereocenters. The molecule has 0 aliphatic rings. The Balaban J connectivity index is 2.16. The number of benzene rings is 1. The SMILES string of the molecule is CC(C)c1cc(-c2ccccn2)cc(-c2ccccn2)c1. The topological polar surface area (TPSA) is 25.8 Å². The zero-order valence-electron chi connectivity index (χ0n) is 12.3. The van der Waals surface area contributed by atoms with Crippen molar-refractivity contribution in [2.75, 3.05) is 0 Å². The van der Waals surface area contributed by atoms with Crippen LogP contribution in [0.15, 0.2) is 67.0 Å². The summed E-state index contributed by atoms with van der Waals surface area (Å²) >= 11 is 0. The van der Waals surface area contributed by atoms with Crippen molar-refractivity contribution in [3.05, 3.63) is 72.6 Å². The van der Waals surface area contributed by atoms with Crippen LogP contribution in [0.4, 0.5) is 0 Å². The van der Waals surface area contributed by atoms with Gasteiger partial charge in [0.05, 0.1) is 11.4 Å². The molecule has 2 aromatic heterocycles. The number of aromatic nitrogens is 2. The summed E-state index contributed by atoms with van der Waals surface area (Å²) in [5, 5.41) is 0. The highest BCUT2D eigenvalue weighted by Gasteiger charge is 2.08. The van der Waals surface area contributed by atoms with Gasteiger partial charge in [0.2, 0.25) is 0 Å². The van der Waals surface area contributed by atoms with E-state index in [2.05, 4.69) is 42.0 Å². The largest absolute Gasteiger partial charge is 0.256 e. The van der Waals surface area contributed by atoms with Crippen molar-refractivity contribution in [3.63, 3.8) is 0 Å². The zero-order chi connectivity index (χ0) is 14.7. The van der Waals surface area contributed by atoms with Gasteiger partial charge in [-0.05, 0) is 53.9 Å². The van der Waals surface area contributed by atoms with E-state index in [1.807, 2.05) is 48.8 Å². The third kappa shape index (κ3) is 3.00. The fourth-order valence-corrected chi connectivity index (χ4v) is 2.35. The number of nitrogens with zero attached hydrogens (tertiary/aromatic N) is 2. The molecule has 3 aromatic rings. The summed E-state index contributed by atoms with van der Waals surface area (Å²) in [7, 11) is 0. The number of hydrogen-bond acceptors (Lipinski definition) is 2. The van der Waals surface area contributed by atoms with Crippen LogP contribution < -0.4 is 0 Å². The van der Waals surface area contributed by atoms with Crippen molar-refractivity contribution in [1.82, 2.24) is 9.97 Å². The molecule has 2 heteroatoms. The van der Waals surface area contributed by atoms with E-state index >= 15 is 0 Å². The van der Waals surface area contributed by atoms with E-state index in [4.69, 9.17) is 0 Å². The molecule has 0 unspecified atom stereocenters. The van der Waals surface area contributed by atoms with Gasteiger partial charge in [0, 0.05) is 23.5 Å². The van der Waals surface area contributed by atoms with E-state index in [0.717, 1.165) is 22.5 Å². The van der Waals surface area contributed by atoms with Crippen LogP contribution in [0.5, 0.6) is 0 Å². The van der Waals surface area contributed by atoms with Crippen LogP contribution in [0.3, 0.4) is 0 Å². The molecule has 3 rings (SSSR count). The summed E-state index contributed by atoms with van der Waals surface area (Å²) in [5.74, 6) is 0.469. The van der Waals surface area contributed by atoms with Gasteiger partial charge in [-0.1, -0.05) is 26.0 Å². The highest BCUT2D eigenvalue weighted by Crippen LogP contribution is 2.29. The first-order valence-electron chi connectivity index (χ1n) is 7.22. The first-order chi connectivity index (χ1) is 10.2. The van der Waals surface area contributed by atoms with Crippen LogP contribution >= 0.6 is 0 Å². The van der Waals surface area contributed by atoms with E-state index in [1.54, 1.807) is 0 Å². The molecule has 21 heavy (non-hydrogen) atoms. The molecular formula is C19H18N2. The molecule has 2 heterocycles. The zero-order valence-corrected chi connectivity index (χ0v) is 12.3. The second-order valence-electron chi connectivity index (χ2n) is 5.43. The van der Waals surface area contributed by atoms with Crippen LogP contribution in [-0.4, -0.2) is 9.97 Å². The maximum atomic E-state index is 4.46. The van der Waals surface area contributed by atoms with E-state index in [-0.39, 0.29) is 0 Å². The minimum atomic E-state index is 0.469. The van der Waals surface area contributed by atoms with Gasteiger partial charge in [-0.15, -0.1) is 0 Å². The van der Waals surface area contributed by atoms with E-state index in [0.29, 0.717) is 5.92 Å². The van der Waals surface area contributed by atoms with Gasteiger partial charge in [-0.25, -0.2) is 0 Å². The number of rotatable bonds is 3. The lowest BCUT2D eigenvalue weighted by atomic mass is 9.95. The summed E-state index contributed by atoms with van der Waals surface area (Å²) < 4.78 is 0. The Bertz CT molecular complexity index is 661. The maximum Gasteiger partial charge on any atom is 0.0702 e. The monoisotopic (exact) mass is 274 g/mol. The van der Waals surface area contributed by atoms with Crippen molar-refractivity contribution >= 4 is 0 Å². The van der Waals surface area contributed by atoms with Crippen LogP contribution in [0, 0.1) is 0 Å². The van der Waals surface area contributed by atoms with Crippen molar-refractivity contribution in [1.29, 1.82) is 0 Å². The molecule has 0 aliphatic heterocycles. The Labute approximate surface area is 125 Å². The average molecular weight is 274 g/mol. The smallest absolute Gasteiger partial charge is 0.0702 e. The molecule has 0 aliphatic carbocycles. The van der Waals surface area contributed by atoms with Crippen molar-refractivity contribution in [3.8, 4) is 22.5 Å². The standard InChI is InChI=1S/C19H18N2/c1-14(2)15-11-16(18-7-3-5-9-20-18)13-17(12-15)19-8-4-6-10-21-19/h3-14H,1-2H3. The normalized spacial score (nSPS) is 10.8. The highest BCUT2D eigenvalue weighted by atomic mass is 14.7. The molecule has 0 amide bonds. The molecule has 0 radical (unpaired) electrons. The maximum absolute atomic E-state index is 4.46. The lowest BCUT2D eigenvalue weighted by Crippen LogP contribution is -1.93. The average Bonchev–Trinajstić information content (AvgIpc) is 2.56. The van der Waals surface area contributed by atoms with Gasteiger partial charge in [0.1, 0.15) is 0 Å². The highest BCUT2D eigenvalue weighted by molar-refractivity contribution is 5.70. The lowest BCUT2D eigenvalue weighted by molar-refractivity contribution is 0.867. The summed E-state index contributed by atoms with van der Waals surface area (Å²) in [6.45, 7) is 4.42. The van der Waals surface area contributed by atoms with E-state index in [1.165, 1.54) is 5.56 Å². The second-order valence-corrected chi connectivity index (χ2v) is 5.43. The molecule has 0 fully saturated rings. The molecular weight excluding hydrogens is 256 g/mol. The number of pyridine rings is 2. The Kier molecular flexibility index (Phi) is 3.78. The third-order valence-corrected chi connectivity index (χ3v) is 3.54. The van der Waals surface area contributed by atoms with Crippen LogP contribution in [0.25, 0.3) is 22.5 Å². The molecule has 2 nitrogen and oxygen atoms in total. The Morgan fingerprint density at radius 2 is 1.24 bits per heavy atom. The fraction of sp³-hybridized carbons (Fsp3) is 0.158. The van der Waals surface area contributed by atoms with Gasteiger partial charge in [-0.3, -0.25) is 9.97 Å². The molecule has 0 spiro atoms. The minimum Gasteiger partial charge on any atom is -0.256 e. The van der Waals surface area contributed by atoms with Crippen molar-refractivity contribution in [2.45, 2.75) is 19.8 Å². The summed E-state index contributed by atoms with van der Waals surface area (Å²) in [4.78, 5) is 8.93. The Morgan fingerprint density at radius 3 is 1.62 bits per heavy atom. The molecule has 0 saturated carbocycles. The van der Waals surface area contributed by atoms with E-state index in [9.17, 15) is 0 Å². The van der Waals surface area contributed by atoms with Gasteiger partial charge < -0.3 is 0 Å². The molecule has 0 saturated heterocycles. The summed E-state index contributed by atoms with van der Waals surface area (Å²) in [6.07, 6.45) is 3.66. The summed E-state index contributed by atoms with van der Waals surface area (Å²) in [6, 6.07) is 18.6. The van der Waals surface area contributed by atoms with Crippen molar-refractivity contribution in [2.24, 2.45) is 0 Å². The van der Waals surface area contributed by atoms with Gasteiger partial charge in [-0.2, -0.15) is 0 Å².